The molecule has 0 atom stereocenters. The lowest BCUT2D eigenvalue weighted by Gasteiger charge is -2.01. The minimum absolute atomic E-state index is 0.233. The van der Waals surface area contributed by atoms with E-state index in [2.05, 4.69) is 36.2 Å². The predicted molar refractivity (Wildman–Crippen MR) is 117 cm³/mol. The number of thiazole rings is 1. The summed E-state index contributed by atoms with van der Waals surface area (Å²) in [4.78, 5) is 17.4. The van der Waals surface area contributed by atoms with Crippen LogP contribution in [0, 0.1) is 6.92 Å². The van der Waals surface area contributed by atoms with Crippen molar-refractivity contribution in [3.8, 4) is 22.1 Å². The molecule has 2 aromatic carbocycles. The Kier molecular flexibility index (Phi) is 5.41. The van der Waals surface area contributed by atoms with Crippen molar-refractivity contribution in [1.29, 1.82) is 0 Å². The summed E-state index contributed by atoms with van der Waals surface area (Å²) in [6, 6.07) is 15.1. The molecule has 4 rings (SSSR count). The number of hydrogen-bond acceptors (Lipinski definition) is 6. The minimum Gasteiger partial charge on any atom is -0.494 e. The molecule has 0 amide bonds. The Morgan fingerprint density at radius 3 is 2.66 bits per heavy atom. The van der Waals surface area contributed by atoms with Crippen LogP contribution in [-0.2, 0) is 0 Å². The SMILES string of the molecule is COc1ccccc1N=Nc1c(C)[nH]n(-c2nc(-c3ccc(Br)cc3)cs2)c1=O. The van der Waals surface area contributed by atoms with Gasteiger partial charge in [-0.05, 0) is 31.2 Å². The van der Waals surface area contributed by atoms with Gasteiger partial charge in [-0.2, -0.15) is 4.68 Å². The van der Waals surface area contributed by atoms with Gasteiger partial charge in [0.1, 0.15) is 11.4 Å². The van der Waals surface area contributed by atoms with E-state index in [1.807, 2.05) is 41.8 Å². The predicted octanol–water partition coefficient (Wildman–Crippen LogP) is 5.78. The van der Waals surface area contributed by atoms with Gasteiger partial charge in [0.05, 0.1) is 18.5 Å². The molecule has 4 aromatic rings. The Morgan fingerprint density at radius 2 is 1.90 bits per heavy atom. The number of azo groups is 1. The lowest BCUT2D eigenvalue weighted by Crippen LogP contribution is -2.13. The Balaban J connectivity index is 1.67. The van der Waals surface area contributed by atoms with Crippen molar-refractivity contribution in [1.82, 2.24) is 14.8 Å². The van der Waals surface area contributed by atoms with Crippen molar-refractivity contribution in [3.05, 3.63) is 74.4 Å². The number of H-pyrrole nitrogens is 1. The molecule has 0 aliphatic rings. The van der Waals surface area contributed by atoms with Gasteiger partial charge in [-0.15, -0.1) is 21.6 Å². The fourth-order valence-corrected chi connectivity index (χ4v) is 3.78. The highest BCUT2D eigenvalue weighted by molar-refractivity contribution is 9.10. The number of aryl methyl sites for hydroxylation is 1. The fraction of sp³-hybridized carbons (Fsp3) is 0.100. The number of benzene rings is 2. The van der Waals surface area contributed by atoms with Crippen LogP contribution >= 0.6 is 27.3 Å². The van der Waals surface area contributed by atoms with Crippen LogP contribution < -0.4 is 10.3 Å². The summed E-state index contributed by atoms with van der Waals surface area (Å²) in [6.07, 6.45) is 0. The van der Waals surface area contributed by atoms with Crippen molar-refractivity contribution in [3.63, 3.8) is 0 Å². The van der Waals surface area contributed by atoms with Gasteiger partial charge >= 0.3 is 5.56 Å². The van der Waals surface area contributed by atoms with Crippen molar-refractivity contribution in [2.75, 3.05) is 7.11 Å². The van der Waals surface area contributed by atoms with Gasteiger partial charge in [-0.25, -0.2) is 4.98 Å². The highest BCUT2D eigenvalue weighted by Crippen LogP contribution is 2.29. The molecule has 7 nitrogen and oxygen atoms in total. The first-order valence-corrected chi connectivity index (χ1v) is 10.3. The van der Waals surface area contributed by atoms with Crippen LogP contribution in [0.4, 0.5) is 11.4 Å². The number of aromatic nitrogens is 3. The number of nitrogens with zero attached hydrogens (tertiary/aromatic N) is 4. The zero-order valence-corrected chi connectivity index (χ0v) is 18.0. The number of hydrogen-bond donors (Lipinski definition) is 1. The van der Waals surface area contributed by atoms with Crippen molar-refractivity contribution >= 4 is 38.6 Å². The van der Waals surface area contributed by atoms with Crippen LogP contribution in [0.3, 0.4) is 0 Å². The fourth-order valence-electron chi connectivity index (χ4n) is 2.73. The molecule has 0 saturated carbocycles. The van der Waals surface area contributed by atoms with Crippen LogP contribution in [0.5, 0.6) is 5.75 Å². The van der Waals surface area contributed by atoms with E-state index >= 15 is 0 Å². The average Bonchev–Trinajstić information content (AvgIpc) is 3.32. The molecular formula is C20H16BrN5O2S. The maximum atomic E-state index is 12.9. The van der Waals surface area contributed by atoms with Crippen LogP contribution in [0.25, 0.3) is 16.4 Å². The molecule has 146 valence electrons. The summed E-state index contributed by atoms with van der Waals surface area (Å²) < 4.78 is 7.65. The van der Waals surface area contributed by atoms with Gasteiger partial charge in [-0.3, -0.25) is 9.89 Å². The van der Waals surface area contributed by atoms with E-state index in [-0.39, 0.29) is 11.2 Å². The molecule has 0 spiro atoms. The van der Waals surface area contributed by atoms with Crippen molar-refractivity contribution in [2.45, 2.75) is 6.92 Å². The molecular weight excluding hydrogens is 454 g/mol. The molecule has 0 unspecified atom stereocenters. The molecule has 0 fully saturated rings. The molecule has 2 heterocycles. The first kappa shape index (κ1) is 19.3. The number of ether oxygens (including phenoxy) is 1. The molecule has 0 bridgehead atoms. The Hall–Kier alpha value is -3.04. The quantitative estimate of drug-likeness (QED) is 0.375. The Bertz CT molecular complexity index is 1240. The van der Waals surface area contributed by atoms with E-state index in [1.54, 1.807) is 26.2 Å². The summed E-state index contributed by atoms with van der Waals surface area (Å²) >= 11 is 4.80. The zero-order valence-electron chi connectivity index (χ0n) is 15.6. The summed E-state index contributed by atoms with van der Waals surface area (Å²) in [6.45, 7) is 1.78. The number of halogens is 1. The van der Waals surface area contributed by atoms with Crippen molar-refractivity contribution < 1.29 is 4.74 Å². The van der Waals surface area contributed by atoms with Gasteiger partial charge in [0.25, 0.3) is 0 Å². The number of rotatable bonds is 5. The topological polar surface area (TPSA) is 84.6 Å². The second-order valence-corrected chi connectivity index (χ2v) is 7.87. The Morgan fingerprint density at radius 1 is 1.14 bits per heavy atom. The van der Waals surface area contributed by atoms with E-state index in [0.29, 0.717) is 22.3 Å². The first-order chi connectivity index (χ1) is 14.1. The van der Waals surface area contributed by atoms with Crippen LogP contribution in [0.2, 0.25) is 0 Å². The number of nitrogens with one attached hydrogen (secondary N) is 1. The van der Waals surface area contributed by atoms with Crippen molar-refractivity contribution in [2.24, 2.45) is 10.2 Å². The zero-order chi connectivity index (χ0) is 20.4. The van der Waals surface area contributed by atoms with E-state index in [1.165, 1.54) is 16.0 Å². The lowest BCUT2D eigenvalue weighted by molar-refractivity contribution is 0.416. The average molecular weight is 470 g/mol. The molecule has 0 aliphatic carbocycles. The van der Waals surface area contributed by atoms with Crippen LogP contribution in [0.1, 0.15) is 5.69 Å². The van der Waals surface area contributed by atoms with Crippen LogP contribution in [-0.4, -0.2) is 21.9 Å². The van der Waals surface area contributed by atoms with E-state index in [9.17, 15) is 4.79 Å². The van der Waals surface area contributed by atoms with Gasteiger partial charge in [0.2, 0.25) is 5.13 Å². The first-order valence-electron chi connectivity index (χ1n) is 8.65. The van der Waals surface area contributed by atoms with Crippen LogP contribution in [0.15, 0.2) is 73.4 Å². The maximum Gasteiger partial charge on any atom is 0.301 e. The second kappa shape index (κ2) is 8.14. The third kappa shape index (κ3) is 3.92. The Labute approximate surface area is 178 Å². The molecule has 2 aromatic heterocycles. The van der Waals surface area contributed by atoms with Gasteiger partial charge < -0.3 is 4.74 Å². The molecule has 29 heavy (non-hydrogen) atoms. The smallest absolute Gasteiger partial charge is 0.301 e. The minimum atomic E-state index is -0.308. The third-order valence-electron chi connectivity index (χ3n) is 4.21. The number of aromatic amines is 1. The monoisotopic (exact) mass is 469 g/mol. The normalized spacial score (nSPS) is 11.3. The highest BCUT2D eigenvalue weighted by Gasteiger charge is 2.15. The van der Waals surface area contributed by atoms with Gasteiger partial charge in [0, 0.05) is 15.4 Å². The standard InChI is InChI=1S/C20H16BrN5O2S/c1-12-18(24-23-15-5-3-4-6-17(15)28-2)19(27)26(25-12)20-22-16(11-29-20)13-7-9-14(21)10-8-13/h3-11,25H,1-2H3. The summed E-state index contributed by atoms with van der Waals surface area (Å²) in [7, 11) is 1.56. The summed E-state index contributed by atoms with van der Waals surface area (Å²) in [5.41, 5.74) is 2.86. The summed E-state index contributed by atoms with van der Waals surface area (Å²) in [5.74, 6) is 0.587. The summed E-state index contributed by atoms with van der Waals surface area (Å²) in [5, 5.41) is 13.8. The van der Waals surface area contributed by atoms with Gasteiger partial charge in [0.15, 0.2) is 5.69 Å². The third-order valence-corrected chi connectivity index (χ3v) is 5.56. The maximum absolute atomic E-state index is 12.9. The van der Waals surface area contributed by atoms with E-state index in [0.717, 1.165) is 15.7 Å². The van der Waals surface area contributed by atoms with Gasteiger partial charge in [-0.1, -0.05) is 40.2 Å². The lowest BCUT2D eigenvalue weighted by atomic mass is 10.2. The van der Waals surface area contributed by atoms with E-state index < -0.39 is 0 Å². The molecule has 9 heteroatoms. The number of para-hydroxylation sites is 1. The second-order valence-electron chi connectivity index (χ2n) is 6.12. The molecule has 0 saturated heterocycles. The molecule has 1 N–H and O–H groups in total. The largest absolute Gasteiger partial charge is 0.494 e. The number of methoxy groups -OCH3 is 1. The highest BCUT2D eigenvalue weighted by atomic mass is 79.9. The molecule has 0 radical (unpaired) electrons. The van der Waals surface area contributed by atoms with E-state index in [4.69, 9.17) is 4.74 Å². The molecule has 0 aliphatic heterocycles.